The van der Waals surface area contributed by atoms with E-state index in [1.54, 1.807) is 0 Å². The zero-order valence-corrected chi connectivity index (χ0v) is 11.4. The van der Waals surface area contributed by atoms with Crippen LogP contribution in [0.5, 0.6) is 0 Å². The summed E-state index contributed by atoms with van der Waals surface area (Å²) in [5.74, 6) is 0.279. The molecule has 18 heavy (non-hydrogen) atoms. The van der Waals surface area contributed by atoms with Crippen LogP contribution in [0.2, 0.25) is 0 Å². The summed E-state index contributed by atoms with van der Waals surface area (Å²) in [7, 11) is 0. The third kappa shape index (κ3) is 2.72. The first-order chi connectivity index (χ1) is 8.47. The van der Waals surface area contributed by atoms with Gasteiger partial charge >= 0.3 is 0 Å². The van der Waals surface area contributed by atoms with Gasteiger partial charge in [0.25, 0.3) is 0 Å². The molecule has 1 saturated carbocycles. The molecule has 0 bridgehead atoms. The van der Waals surface area contributed by atoms with Crippen molar-refractivity contribution in [2.45, 2.75) is 46.2 Å². The smallest absolute Gasteiger partial charge is 0.223 e. The Hall–Kier alpha value is -1.35. The number of amides is 1. The van der Waals surface area contributed by atoms with E-state index in [1.807, 2.05) is 0 Å². The van der Waals surface area contributed by atoms with Crippen LogP contribution in [0, 0.1) is 26.7 Å². The molecule has 3 heteroatoms. The maximum Gasteiger partial charge on any atom is 0.223 e. The first-order valence-corrected chi connectivity index (χ1v) is 6.57. The Morgan fingerprint density at radius 2 is 1.83 bits per heavy atom. The van der Waals surface area contributed by atoms with Crippen molar-refractivity contribution in [2.24, 2.45) is 11.7 Å². The molecule has 3 nitrogen and oxygen atoms in total. The zero-order chi connectivity index (χ0) is 13.3. The Morgan fingerprint density at radius 3 is 2.44 bits per heavy atom. The van der Waals surface area contributed by atoms with Gasteiger partial charge in [0.2, 0.25) is 5.91 Å². The average molecular weight is 246 g/mol. The molecule has 0 unspecified atom stereocenters. The Labute approximate surface area is 109 Å². The van der Waals surface area contributed by atoms with Crippen LogP contribution in [-0.4, -0.2) is 11.9 Å². The molecule has 1 fully saturated rings. The molecule has 0 aromatic heterocycles. The van der Waals surface area contributed by atoms with E-state index in [9.17, 15) is 4.79 Å². The third-order valence-corrected chi connectivity index (χ3v) is 3.95. The number of carbonyl (C=O) groups is 1. The van der Waals surface area contributed by atoms with Crippen molar-refractivity contribution in [2.75, 3.05) is 0 Å². The van der Waals surface area contributed by atoms with Crippen LogP contribution in [0.3, 0.4) is 0 Å². The minimum Gasteiger partial charge on any atom is -0.352 e. The maximum absolute atomic E-state index is 11.8. The largest absolute Gasteiger partial charge is 0.352 e. The second-order valence-electron chi connectivity index (χ2n) is 5.51. The highest BCUT2D eigenvalue weighted by Gasteiger charge is 2.31. The van der Waals surface area contributed by atoms with Gasteiger partial charge in [0, 0.05) is 18.5 Å². The predicted molar refractivity (Wildman–Crippen MR) is 73.2 cm³/mol. The summed E-state index contributed by atoms with van der Waals surface area (Å²) < 4.78 is 0. The summed E-state index contributed by atoms with van der Waals surface area (Å²) in [5, 5.41) is 3.01. The minimum absolute atomic E-state index is 0.131. The van der Waals surface area contributed by atoms with E-state index < -0.39 is 0 Å². The van der Waals surface area contributed by atoms with Crippen LogP contribution in [0.4, 0.5) is 0 Å². The molecule has 1 aromatic carbocycles. The fourth-order valence-electron chi connectivity index (χ4n) is 2.41. The Bertz CT molecular complexity index is 462. The summed E-state index contributed by atoms with van der Waals surface area (Å²) >= 11 is 0. The van der Waals surface area contributed by atoms with E-state index in [2.05, 4.69) is 38.2 Å². The molecule has 1 aliphatic carbocycles. The first-order valence-electron chi connectivity index (χ1n) is 6.57. The molecule has 2 rings (SSSR count). The highest BCUT2D eigenvalue weighted by atomic mass is 16.1. The predicted octanol–water partition coefficient (Wildman–Crippen LogP) is 1.97. The molecule has 1 aliphatic rings. The van der Waals surface area contributed by atoms with Crippen LogP contribution in [0.15, 0.2) is 12.1 Å². The fourth-order valence-corrected chi connectivity index (χ4v) is 2.41. The van der Waals surface area contributed by atoms with Gasteiger partial charge in [0.1, 0.15) is 0 Å². The highest BCUT2D eigenvalue weighted by molar-refractivity contribution is 5.79. The van der Waals surface area contributed by atoms with Crippen molar-refractivity contribution in [3.05, 3.63) is 34.4 Å². The van der Waals surface area contributed by atoms with E-state index in [-0.39, 0.29) is 17.9 Å². The molecule has 0 spiro atoms. The third-order valence-electron chi connectivity index (χ3n) is 3.95. The standard InChI is InChI=1S/C15H22N2O/c1-9-4-11(3)13(5-10(9)2)8-17-15(18)12-6-14(16)7-12/h4-5,12,14H,6-8,16H2,1-3H3,(H,17,18). The number of nitrogens with two attached hydrogens (primary N) is 1. The summed E-state index contributed by atoms with van der Waals surface area (Å²) in [6.45, 7) is 6.93. The summed E-state index contributed by atoms with van der Waals surface area (Å²) in [5.41, 5.74) is 10.7. The van der Waals surface area contributed by atoms with Gasteiger partial charge in [0.05, 0.1) is 0 Å². The SMILES string of the molecule is Cc1cc(C)c(CNC(=O)C2CC(N)C2)cc1C. The van der Waals surface area contributed by atoms with Crippen LogP contribution in [0.25, 0.3) is 0 Å². The summed E-state index contributed by atoms with van der Waals surface area (Å²) in [6, 6.07) is 4.57. The second-order valence-corrected chi connectivity index (χ2v) is 5.51. The van der Waals surface area contributed by atoms with Gasteiger partial charge in [0.15, 0.2) is 0 Å². The Kier molecular flexibility index (Phi) is 3.71. The number of carbonyl (C=O) groups excluding carboxylic acids is 1. The lowest BCUT2D eigenvalue weighted by molar-refractivity contribution is -0.128. The van der Waals surface area contributed by atoms with E-state index >= 15 is 0 Å². The minimum atomic E-state index is 0.131. The summed E-state index contributed by atoms with van der Waals surface area (Å²) in [4.78, 5) is 11.8. The van der Waals surface area contributed by atoms with Gasteiger partial charge in [-0.25, -0.2) is 0 Å². The van der Waals surface area contributed by atoms with Gasteiger partial charge < -0.3 is 11.1 Å². The van der Waals surface area contributed by atoms with E-state index in [4.69, 9.17) is 5.73 Å². The molecular weight excluding hydrogens is 224 g/mol. The van der Waals surface area contributed by atoms with Crippen LogP contribution in [0.1, 0.15) is 35.1 Å². The van der Waals surface area contributed by atoms with E-state index in [0.717, 1.165) is 12.8 Å². The van der Waals surface area contributed by atoms with Crippen molar-refractivity contribution >= 4 is 5.91 Å². The molecule has 98 valence electrons. The second kappa shape index (κ2) is 5.11. The summed E-state index contributed by atoms with van der Waals surface area (Å²) in [6.07, 6.45) is 1.66. The van der Waals surface area contributed by atoms with Crippen molar-refractivity contribution in [3.63, 3.8) is 0 Å². The van der Waals surface area contributed by atoms with Gasteiger partial charge in [-0.2, -0.15) is 0 Å². The average Bonchev–Trinajstić information content (AvgIpc) is 2.27. The molecule has 0 aliphatic heterocycles. The normalized spacial score (nSPS) is 22.4. The lowest BCUT2D eigenvalue weighted by Gasteiger charge is -2.31. The molecule has 0 atom stereocenters. The number of hydrogen-bond donors (Lipinski definition) is 2. The lowest BCUT2D eigenvalue weighted by Crippen LogP contribution is -2.44. The Morgan fingerprint density at radius 1 is 1.22 bits per heavy atom. The molecule has 1 amide bonds. The molecule has 0 heterocycles. The van der Waals surface area contributed by atoms with Crippen molar-refractivity contribution in [3.8, 4) is 0 Å². The van der Waals surface area contributed by atoms with Crippen LogP contribution in [-0.2, 0) is 11.3 Å². The lowest BCUT2D eigenvalue weighted by atomic mass is 9.80. The fraction of sp³-hybridized carbons (Fsp3) is 0.533. The zero-order valence-electron chi connectivity index (χ0n) is 11.4. The Balaban J connectivity index is 1.94. The first kappa shape index (κ1) is 13.1. The number of hydrogen-bond acceptors (Lipinski definition) is 2. The number of aryl methyl sites for hydroxylation is 3. The number of nitrogens with one attached hydrogen (secondary N) is 1. The van der Waals surface area contributed by atoms with Crippen molar-refractivity contribution < 1.29 is 4.79 Å². The van der Waals surface area contributed by atoms with Crippen molar-refractivity contribution in [1.29, 1.82) is 0 Å². The molecular formula is C15H22N2O. The van der Waals surface area contributed by atoms with Gasteiger partial charge in [-0.05, 0) is 55.9 Å². The van der Waals surface area contributed by atoms with Gasteiger partial charge in [-0.1, -0.05) is 12.1 Å². The topological polar surface area (TPSA) is 55.1 Å². The molecule has 1 aromatic rings. The monoisotopic (exact) mass is 246 g/mol. The van der Waals surface area contributed by atoms with Crippen LogP contribution < -0.4 is 11.1 Å². The maximum atomic E-state index is 11.8. The number of rotatable bonds is 3. The van der Waals surface area contributed by atoms with Crippen LogP contribution >= 0.6 is 0 Å². The quantitative estimate of drug-likeness (QED) is 0.856. The molecule has 0 radical (unpaired) electrons. The highest BCUT2D eigenvalue weighted by Crippen LogP contribution is 2.25. The van der Waals surface area contributed by atoms with E-state index in [0.29, 0.717) is 6.54 Å². The van der Waals surface area contributed by atoms with Crippen molar-refractivity contribution in [1.82, 2.24) is 5.32 Å². The van der Waals surface area contributed by atoms with E-state index in [1.165, 1.54) is 22.3 Å². The molecule has 3 N–H and O–H groups in total. The number of benzene rings is 1. The van der Waals surface area contributed by atoms with Gasteiger partial charge in [-0.15, -0.1) is 0 Å². The molecule has 0 saturated heterocycles. The van der Waals surface area contributed by atoms with Gasteiger partial charge in [-0.3, -0.25) is 4.79 Å².